The molecule has 2 rings (SSSR count). The number of rotatable bonds is 0. The van der Waals surface area contributed by atoms with Crippen LogP contribution in [0.4, 0.5) is 0 Å². The van der Waals surface area contributed by atoms with Crippen molar-refractivity contribution in [2.75, 3.05) is 0 Å². The molecule has 1 aliphatic rings. The number of aliphatic hydroxyl groups is 2. The monoisotopic (exact) mass is 234 g/mol. The zero-order valence-corrected chi connectivity index (χ0v) is 9.64. The standard InChI is InChI=1S/C12H14N2O3/c1-11(2)10(15)12(14,16)8-5-7(6-13)3-4-9(8)17-11/h3-5,10,15-16H,14H2,1-2H3/t10-,12?/m0/s1. The van der Waals surface area contributed by atoms with Gasteiger partial charge >= 0.3 is 0 Å². The number of aliphatic hydroxyl groups excluding tert-OH is 1. The first-order valence-corrected chi connectivity index (χ1v) is 5.22. The van der Waals surface area contributed by atoms with Crippen molar-refractivity contribution < 1.29 is 14.9 Å². The molecular formula is C12H14N2O3. The van der Waals surface area contributed by atoms with Gasteiger partial charge in [-0.3, -0.25) is 5.73 Å². The first-order valence-electron chi connectivity index (χ1n) is 5.22. The number of nitrogens with zero attached hydrogens (tertiary/aromatic N) is 1. The van der Waals surface area contributed by atoms with E-state index in [0.717, 1.165) is 0 Å². The van der Waals surface area contributed by atoms with Crippen molar-refractivity contribution in [3.63, 3.8) is 0 Å². The summed E-state index contributed by atoms with van der Waals surface area (Å²) in [5.74, 6) is 0.379. The van der Waals surface area contributed by atoms with Gasteiger partial charge in [-0.05, 0) is 32.0 Å². The SMILES string of the molecule is CC1(C)Oc2ccc(C#N)cc2C(N)(O)[C@H]1O. The van der Waals surface area contributed by atoms with Gasteiger partial charge in [-0.25, -0.2) is 0 Å². The molecule has 17 heavy (non-hydrogen) atoms. The average Bonchev–Trinajstić information content (AvgIpc) is 2.26. The Labute approximate surface area is 99.0 Å². The summed E-state index contributed by atoms with van der Waals surface area (Å²) < 4.78 is 5.57. The van der Waals surface area contributed by atoms with Crippen molar-refractivity contribution in [3.05, 3.63) is 29.3 Å². The third-order valence-electron chi connectivity index (χ3n) is 2.99. The fraction of sp³-hybridized carbons (Fsp3) is 0.417. The summed E-state index contributed by atoms with van der Waals surface area (Å²) in [4.78, 5) is 0. The minimum absolute atomic E-state index is 0.225. The van der Waals surface area contributed by atoms with E-state index in [1.54, 1.807) is 26.0 Å². The minimum Gasteiger partial charge on any atom is -0.485 e. The molecule has 90 valence electrons. The number of nitriles is 1. The molecule has 1 aromatic rings. The molecule has 1 unspecified atom stereocenters. The number of benzene rings is 1. The fourth-order valence-electron chi connectivity index (χ4n) is 2.02. The Bertz CT molecular complexity index is 503. The number of fused-ring (bicyclic) bond motifs is 1. The van der Waals surface area contributed by atoms with Crippen LogP contribution in [0.1, 0.15) is 25.0 Å². The average molecular weight is 234 g/mol. The fourth-order valence-corrected chi connectivity index (χ4v) is 2.02. The van der Waals surface area contributed by atoms with Gasteiger partial charge < -0.3 is 14.9 Å². The number of hydrogen-bond donors (Lipinski definition) is 3. The van der Waals surface area contributed by atoms with Crippen LogP contribution in [0.5, 0.6) is 5.75 Å². The van der Waals surface area contributed by atoms with Gasteiger partial charge in [0.05, 0.1) is 11.6 Å². The van der Waals surface area contributed by atoms with Gasteiger partial charge in [0.25, 0.3) is 0 Å². The molecule has 5 nitrogen and oxygen atoms in total. The summed E-state index contributed by atoms with van der Waals surface area (Å²) in [7, 11) is 0. The van der Waals surface area contributed by atoms with Crippen LogP contribution in [0.3, 0.4) is 0 Å². The van der Waals surface area contributed by atoms with Crippen LogP contribution < -0.4 is 10.5 Å². The van der Waals surface area contributed by atoms with E-state index in [1.165, 1.54) is 6.07 Å². The van der Waals surface area contributed by atoms with Crippen molar-refractivity contribution in [1.82, 2.24) is 0 Å². The summed E-state index contributed by atoms with van der Waals surface area (Å²) in [6.07, 6.45) is -1.28. The summed E-state index contributed by atoms with van der Waals surface area (Å²) in [6, 6.07) is 6.51. The topological polar surface area (TPSA) is 99.5 Å². The number of hydrogen-bond acceptors (Lipinski definition) is 5. The maximum Gasteiger partial charge on any atom is 0.173 e. The molecule has 1 heterocycles. The van der Waals surface area contributed by atoms with E-state index >= 15 is 0 Å². The van der Waals surface area contributed by atoms with E-state index in [2.05, 4.69) is 0 Å². The van der Waals surface area contributed by atoms with E-state index < -0.39 is 17.4 Å². The zero-order chi connectivity index (χ0) is 12.8. The second kappa shape index (κ2) is 3.44. The summed E-state index contributed by atoms with van der Waals surface area (Å²) in [6.45, 7) is 3.27. The quantitative estimate of drug-likeness (QED) is 0.557. The van der Waals surface area contributed by atoms with E-state index in [9.17, 15) is 10.2 Å². The van der Waals surface area contributed by atoms with Crippen molar-refractivity contribution in [2.45, 2.75) is 31.3 Å². The molecule has 0 amide bonds. The molecule has 0 saturated carbocycles. The zero-order valence-electron chi connectivity index (χ0n) is 9.64. The van der Waals surface area contributed by atoms with Crippen LogP contribution in [0.2, 0.25) is 0 Å². The van der Waals surface area contributed by atoms with Gasteiger partial charge in [0, 0.05) is 5.56 Å². The van der Waals surface area contributed by atoms with Crippen molar-refractivity contribution in [2.24, 2.45) is 5.73 Å². The minimum atomic E-state index is -1.93. The Morgan fingerprint density at radius 3 is 2.71 bits per heavy atom. The molecule has 4 N–H and O–H groups in total. The van der Waals surface area contributed by atoms with Crippen LogP contribution in [0, 0.1) is 11.3 Å². The highest BCUT2D eigenvalue weighted by atomic mass is 16.5. The van der Waals surface area contributed by atoms with Crippen LogP contribution in [-0.2, 0) is 5.72 Å². The summed E-state index contributed by atoms with van der Waals surface area (Å²) in [5.41, 5.74) is 3.40. The second-order valence-corrected chi connectivity index (χ2v) is 4.76. The lowest BCUT2D eigenvalue weighted by Gasteiger charge is -2.45. The van der Waals surface area contributed by atoms with E-state index in [-0.39, 0.29) is 5.56 Å². The molecule has 2 atom stereocenters. The highest BCUT2D eigenvalue weighted by Gasteiger charge is 2.50. The van der Waals surface area contributed by atoms with Crippen molar-refractivity contribution in [3.8, 4) is 11.8 Å². The molecule has 0 aromatic heterocycles. The van der Waals surface area contributed by atoms with Gasteiger partial charge in [-0.1, -0.05) is 0 Å². The lowest BCUT2D eigenvalue weighted by molar-refractivity contribution is -0.169. The van der Waals surface area contributed by atoms with Gasteiger partial charge in [-0.2, -0.15) is 5.26 Å². The molecule has 0 spiro atoms. The Morgan fingerprint density at radius 1 is 1.47 bits per heavy atom. The van der Waals surface area contributed by atoms with E-state index in [0.29, 0.717) is 11.3 Å². The first kappa shape index (κ1) is 11.9. The molecular weight excluding hydrogens is 220 g/mol. The Kier molecular flexibility index (Phi) is 2.40. The van der Waals surface area contributed by atoms with Crippen molar-refractivity contribution in [1.29, 1.82) is 5.26 Å². The highest BCUT2D eigenvalue weighted by molar-refractivity contribution is 5.47. The lowest BCUT2D eigenvalue weighted by atomic mass is 9.83. The van der Waals surface area contributed by atoms with E-state index in [4.69, 9.17) is 15.7 Å². The van der Waals surface area contributed by atoms with Gasteiger partial charge in [-0.15, -0.1) is 0 Å². The summed E-state index contributed by atoms with van der Waals surface area (Å²) in [5, 5.41) is 29.0. The first-order chi connectivity index (χ1) is 7.79. The predicted molar refractivity (Wildman–Crippen MR) is 60.0 cm³/mol. The molecule has 0 fully saturated rings. The predicted octanol–water partition coefficient (Wildman–Crippen LogP) is 0.194. The largest absolute Gasteiger partial charge is 0.485 e. The van der Waals surface area contributed by atoms with Gasteiger partial charge in [0.1, 0.15) is 17.5 Å². The maximum atomic E-state index is 10.2. The Morgan fingerprint density at radius 2 is 2.12 bits per heavy atom. The van der Waals surface area contributed by atoms with Crippen LogP contribution >= 0.6 is 0 Å². The highest BCUT2D eigenvalue weighted by Crippen LogP contribution is 2.41. The second-order valence-electron chi connectivity index (χ2n) is 4.76. The normalized spacial score (nSPS) is 30.0. The van der Waals surface area contributed by atoms with Crippen LogP contribution in [0.15, 0.2) is 18.2 Å². The van der Waals surface area contributed by atoms with Gasteiger partial charge in [0.2, 0.25) is 0 Å². The molecule has 0 radical (unpaired) electrons. The van der Waals surface area contributed by atoms with Crippen molar-refractivity contribution >= 4 is 0 Å². The van der Waals surface area contributed by atoms with E-state index in [1.807, 2.05) is 6.07 Å². The summed E-state index contributed by atoms with van der Waals surface area (Å²) >= 11 is 0. The Hall–Kier alpha value is -1.61. The molecule has 0 saturated heterocycles. The molecule has 0 bridgehead atoms. The third kappa shape index (κ3) is 1.67. The van der Waals surface area contributed by atoms with Gasteiger partial charge in [0.15, 0.2) is 5.72 Å². The Balaban J connectivity index is 2.63. The number of nitrogens with two attached hydrogens (primary N) is 1. The molecule has 0 aliphatic carbocycles. The smallest absolute Gasteiger partial charge is 0.173 e. The number of ether oxygens (including phenoxy) is 1. The molecule has 1 aliphatic heterocycles. The third-order valence-corrected chi connectivity index (χ3v) is 2.99. The maximum absolute atomic E-state index is 10.2. The van der Waals surface area contributed by atoms with Crippen LogP contribution in [-0.4, -0.2) is 21.9 Å². The lowest BCUT2D eigenvalue weighted by Crippen LogP contribution is -2.62. The molecule has 5 heteroatoms. The van der Waals surface area contributed by atoms with Crippen LogP contribution in [0.25, 0.3) is 0 Å². The molecule has 1 aromatic carbocycles.